The van der Waals surface area contributed by atoms with Gasteiger partial charge in [-0.3, -0.25) is 0 Å². The lowest BCUT2D eigenvalue weighted by Crippen LogP contribution is -2.13. The fourth-order valence-corrected chi connectivity index (χ4v) is 1.87. The number of aromatic nitrogens is 3. The average Bonchev–Trinajstić information content (AvgIpc) is 2.81. The third-order valence-corrected chi connectivity index (χ3v) is 2.78. The van der Waals surface area contributed by atoms with Crippen molar-refractivity contribution < 1.29 is 4.74 Å². The van der Waals surface area contributed by atoms with Gasteiger partial charge in [-0.05, 0) is 13.0 Å². The van der Waals surface area contributed by atoms with Crippen LogP contribution in [0.15, 0.2) is 18.5 Å². The molecule has 0 aromatic carbocycles. The topological polar surface area (TPSA) is 66.1 Å². The predicted molar refractivity (Wildman–Crippen MR) is 75.8 cm³/mol. The molecular formula is C13H19N5O. The summed E-state index contributed by atoms with van der Waals surface area (Å²) in [4.78, 5) is 13.6. The van der Waals surface area contributed by atoms with Crippen molar-refractivity contribution in [2.24, 2.45) is 0 Å². The number of rotatable bonds is 5. The predicted octanol–water partition coefficient (Wildman–Crippen LogP) is 1.80. The minimum atomic E-state index is 0.586. The van der Waals surface area contributed by atoms with E-state index in [-0.39, 0.29) is 0 Å². The maximum Gasteiger partial charge on any atom is 0.239 e. The number of pyridine rings is 1. The zero-order valence-electron chi connectivity index (χ0n) is 11.7. The zero-order chi connectivity index (χ0) is 13.8. The molecule has 0 aliphatic rings. The van der Waals surface area contributed by atoms with Crippen LogP contribution < -0.4 is 15.0 Å². The van der Waals surface area contributed by atoms with Crippen molar-refractivity contribution >= 4 is 11.4 Å². The number of imidazole rings is 1. The van der Waals surface area contributed by atoms with E-state index in [0.717, 1.165) is 22.9 Å². The van der Waals surface area contributed by atoms with E-state index >= 15 is 0 Å². The summed E-state index contributed by atoms with van der Waals surface area (Å²) in [5, 5.41) is 3.34. The Bertz CT molecular complexity index is 550. The lowest BCUT2D eigenvalue weighted by molar-refractivity contribution is 0.400. The standard InChI is InChI=1S/C13H19N5O/c1-9-15-7-10(17-9)8-16-12-11(18(2)3)5-6-14-13(12)19-4/h5-7,16H,8H2,1-4H3,(H,15,17). The molecule has 0 aliphatic heterocycles. The highest BCUT2D eigenvalue weighted by molar-refractivity contribution is 5.74. The fraction of sp³-hybridized carbons (Fsp3) is 0.385. The second-order valence-electron chi connectivity index (χ2n) is 4.46. The monoisotopic (exact) mass is 261 g/mol. The molecule has 0 spiro atoms. The largest absolute Gasteiger partial charge is 0.479 e. The van der Waals surface area contributed by atoms with E-state index in [1.165, 1.54) is 0 Å². The van der Waals surface area contributed by atoms with Crippen molar-refractivity contribution in [2.45, 2.75) is 13.5 Å². The van der Waals surface area contributed by atoms with Crippen LogP contribution in [-0.4, -0.2) is 36.2 Å². The van der Waals surface area contributed by atoms with Gasteiger partial charge < -0.3 is 19.9 Å². The van der Waals surface area contributed by atoms with Gasteiger partial charge in [-0.25, -0.2) is 9.97 Å². The summed E-state index contributed by atoms with van der Waals surface area (Å²) in [6.45, 7) is 2.57. The SMILES string of the molecule is COc1nccc(N(C)C)c1NCc1cnc(C)[nH]1. The molecule has 0 fully saturated rings. The minimum absolute atomic E-state index is 0.586. The lowest BCUT2D eigenvalue weighted by atomic mass is 10.3. The number of methoxy groups -OCH3 is 1. The molecule has 0 saturated carbocycles. The highest BCUT2D eigenvalue weighted by Gasteiger charge is 2.12. The third-order valence-electron chi connectivity index (χ3n) is 2.78. The molecule has 0 saturated heterocycles. The van der Waals surface area contributed by atoms with Gasteiger partial charge in [-0.15, -0.1) is 0 Å². The Balaban J connectivity index is 2.22. The molecule has 0 amide bonds. The molecule has 0 radical (unpaired) electrons. The van der Waals surface area contributed by atoms with Crippen molar-refractivity contribution in [1.82, 2.24) is 15.0 Å². The third kappa shape index (κ3) is 2.96. The van der Waals surface area contributed by atoms with Crippen LogP contribution in [0.4, 0.5) is 11.4 Å². The van der Waals surface area contributed by atoms with E-state index in [1.54, 1.807) is 13.3 Å². The molecule has 0 unspecified atom stereocenters. The first-order chi connectivity index (χ1) is 9.11. The Labute approximate surface area is 112 Å². The first-order valence-corrected chi connectivity index (χ1v) is 6.06. The molecule has 0 aliphatic carbocycles. The molecule has 2 aromatic heterocycles. The Hall–Kier alpha value is -2.24. The number of aryl methyl sites for hydroxylation is 1. The maximum atomic E-state index is 5.30. The summed E-state index contributed by atoms with van der Waals surface area (Å²) in [6.07, 6.45) is 3.56. The Morgan fingerprint density at radius 2 is 2.16 bits per heavy atom. The van der Waals surface area contributed by atoms with Crippen molar-refractivity contribution in [2.75, 3.05) is 31.4 Å². The molecule has 2 rings (SSSR count). The van der Waals surface area contributed by atoms with Crippen LogP contribution in [0, 0.1) is 6.92 Å². The van der Waals surface area contributed by atoms with Crippen LogP contribution >= 0.6 is 0 Å². The molecule has 19 heavy (non-hydrogen) atoms. The van der Waals surface area contributed by atoms with Crippen molar-refractivity contribution in [3.05, 3.63) is 30.0 Å². The van der Waals surface area contributed by atoms with Gasteiger partial charge in [0, 0.05) is 20.3 Å². The Kier molecular flexibility index (Phi) is 3.89. The van der Waals surface area contributed by atoms with Crippen molar-refractivity contribution in [1.29, 1.82) is 0 Å². The molecule has 6 heteroatoms. The first-order valence-electron chi connectivity index (χ1n) is 6.06. The summed E-state index contributed by atoms with van der Waals surface area (Å²) in [5.41, 5.74) is 2.93. The van der Waals surface area contributed by atoms with E-state index in [1.807, 2.05) is 38.2 Å². The van der Waals surface area contributed by atoms with Crippen LogP contribution in [0.3, 0.4) is 0 Å². The Morgan fingerprint density at radius 3 is 2.74 bits per heavy atom. The van der Waals surface area contributed by atoms with Crippen LogP contribution in [0.2, 0.25) is 0 Å². The summed E-state index contributed by atoms with van der Waals surface area (Å²) in [7, 11) is 5.59. The van der Waals surface area contributed by atoms with Gasteiger partial charge in [-0.2, -0.15) is 0 Å². The summed E-state index contributed by atoms with van der Waals surface area (Å²) < 4.78 is 5.30. The van der Waals surface area contributed by atoms with Crippen LogP contribution in [0.25, 0.3) is 0 Å². The normalized spacial score (nSPS) is 10.3. The van der Waals surface area contributed by atoms with Crippen LogP contribution in [0.5, 0.6) is 5.88 Å². The van der Waals surface area contributed by atoms with E-state index in [2.05, 4.69) is 20.3 Å². The van der Waals surface area contributed by atoms with Gasteiger partial charge in [0.15, 0.2) is 0 Å². The van der Waals surface area contributed by atoms with E-state index < -0.39 is 0 Å². The van der Waals surface area contributed by atoms with Gasteiger partial charge >= 0.3 is 0 Å². The number of hydrogen-bond donors (Lipinski definition) is 2. The number of nitrogens with one attached hydrogen (secondary N) is 2. The number of hydrogen-bond acceptors (Lipinski definition) is 5. The van der Waals surface area contributed by atoms with Gasteiger partial charge in [-0.1, -0.05) is 0 Å². The number of nitrogens with zero attached hydrogens (tertiary/aromatic N) is 3. The smallest absolute Gasteiger partial charge is 0.239 e. The van der Waals surface area contributed by atoms with Gasteiger partial charge in [0.25, 0.3) is 0 Å². The van der Waals surface area contributed by atoms with Gasteiger partial charge in [0.05, 0.1) is 31.2 Å². The van der Waals surface area contributed by atoms with E-state index in [0.29, 0.717) is 12.4 Å². The highest BCUT2D eigenvalue weighted by atomic mass is 16.5. The minimum Gasteiger partial charge on any atom is -0.479 e. The first kappa shape index (κ1) is 13.2. The lowest BCUT2D eigenvalue weighted by Gasteiger charge is -2.19. The highest BCUT2D eigenvalue weighted by Crippen LogP contribution is 2.32. The van der Waals surface area contributed by atoms with E-state index in [4.69, 9.17) is 4.74 Å². The van der Waals surface area contributed by atoms with Crippen LogP contribution in [-0.2, 0) is 6.54 Å². The second kappa shape index (κ2) is 5.60. The van der Waals surface area contributed by atoms with Crippen molar-refractivity contribution in [3.8, 4) is 5.88 Å². The number of H-pyrrole nitrogens is 1. The van der Waals surface area contributed by atoms with Crippen LogP contribution in [0.1, 0.15) is 11.5 Å². The van der Waals surface area contributed by atoms with Gasteiger partial charge in [0.1, 0.15) is 11.5 Å². The molecular weight excluding hydrogens is 242 g/mol. The molecule has 0 atom stereocenters. The molecule has 2 aromatic rings. The summed E-state index contributed by atoms with van der Waals surface area (Å²) in [6, 6.07) is 1.95. The summed E-state index contributed by atoms with van der Waals surface area (Å²) >= 11 is 0. The number of aromatic amines is 1. The Morgan fingerprint density at radius 1 is 1.37 bits per heavy atom. The van der Waals surface area contributed by atoms with Gasteiger partial charge in [0.2, 0.25) is 5.88 Å². The van der Waals surface area contributed by atoms with E-state index in [9.17, 15) is 0 Å². The zero-order valence-corrected chi connectivity index (χ0v) is 11.7. The maximum absolute atomic E-state index is 5.30. The summed E-state index contributed by atoms with van der Waals surface area (Å²) in [5.74, 6) is 1.49. The molecule has 2 heterocycles. The second-order valence-corrected chi connectivity index (χ2v) is 4.46. The molecule has 0 bridgehead atoms. The average molecular weight is 261 g/mol. The van der Waals surface area contributed by atoms with Crippen molar-refractivity contribution in [3.63, 3.8) is 0 Å². The molecule has 2 N–H and O–H groups in total. The molecule has 6 nitrogen and oxygen atoms in total. The quantitative estimate of drug-likeness (QED) is 0.859. The fourth-order valence-electron chi connectivity index (χ4n) is 1.87. The number of ether oxygens (including phenoxy) is 1. The number of anilines is 2. The molecule has 102 valence electrons.